The summed E-state index contributed by atoms with van der Waals surface area (Å²) >= 11 is 1.98. The number of anilines is 1. The van der Waals surface area contributed by atoms with Gasteiger partial charge < -0.3 is 10.6 Å². The first-order valence-corrected chi connectivity index (χ1v) is 7.96. The third-order valence-corrected chi connectivity index (χ3v) is 5.08. The van der Waals surface area contributed by atoms with E-state index in [-0.39, 0.29) is 0 Å². The van der Waals surface area contributed by atoms with E-state index in [4.69, 9.17) is 5.73 Å². The van der Waals surface area contributed by atoms with Gasteiger partial charge in [0.1, 0.15) is 0 Å². The average Bonchev–Trinajstić information content (AvgIpc) is 2.85. The number of nitrogens with zero attached hydrogens (tertiary/aromatic N) is 1. The molecule has 0 spiro atoms. The van der Waals surface area contributed by atoms with Gasteiger partial charge in [0, 0.05) is 35.3 Å². The summed E-state index contributed by atoms with van der Waals surface area (Å²) in [5.74, 6) is 1.82. The lowest BCUT2D eigenvalue weighted by Gasteiger charge is -2.22. The lowest BCUT2D eigenvalue weighted by atomic mass is 10.0. The smallest absolute Gasteiger partial charge is 0.0359 e. The van der Waals surface area contributed by atoms with E-state index in [1.165, 1.54) is 21.8 Å². The molecule has 0 saturated carbocycles. The molecular formula is C17H20N2S. The van der Waals surface area contributed by atoms with Crippen molar-refractivity contribution in [3.8, 4) is 0 Å². The fourth-order valence-corrected chi connectivity index (χ4v) is 4.03. The molecule has 0 amide bonds. The van der Waals surface area contributed by atoms with Crippen LogP contribution >= 0.6 is 11.8 Å². The molecule has 1 aliphatic heterocycles. The van der Waals surface area contributed by atoms with Crippen molar-refractivity contribution in [3.05, 3.63) is 59.7 Å². The quantitative estimate of drug-likeness (QED) is 0.870. The Morgan fingerprint density at radius 1 is 1.15 bits per heavy atom. The van der Waals surface area contributed by atoms with E-state index in [0.29, 0.717) is 5.92 Å². The first-order chi connectivity index (χ1) is 9.74. The second kappa shape index (κ2) is 5.90. The second-order valence-electron chi connectivity index (χ2n) is 5.44. The maximum atomic E-state index is 6.02. The van der Waals surface area contributed by atoms with Gasteiger partial charge in [-0.2, -0.15) is 0 Å². The van der Waals surface area contributed by atoms with Gasteiger partial charge in [-0.05, 0) is 30.3 Å². The van der Waals surface area contributed by atoms with Gasteiger partial charge in [0.15, 0.2) is 0 Å². The van der Waals surface area contributed by atoms with Crippen molar-refractivity contribution in [1.29, 1.82) is 0 Å². The molecule has 0 fully saturated rings. The van der Waals surface area contributed by atoms with E-state index in [1.54, 1.807) is 0 Å². The van der Waals surface area contributed by atoms with E-state index < -0.39 is 0 Å². The molecule has 20 heavy (non-hydrogen) atoms. The zero-order chi connectivity index (χ0) is 13.9. The van der Waals surface area contributed by atoms with Gasteiger partial charge in [-0.15, -0.1) is 11.8 Å². The first-order valence-electron chi connectivity index (χ1n) is 6.97. The Morgan fingerprint density at radius 2 is 1.90 bits per heavy atom. The maximum absolute atomic E-state index is 6.02. The number of nitrogen functional groups attached to an aromatic ring is 1. The van der Waals surface area contributed by atoms with Crippen molar-refractivity contribution in [1.82, 2.24) is 4.90 Å². The maximum Gasteiger partial charge on any atom is 0.0359 e. The Morgan fingerprint density at radius 3 is 2.75 bits per heavy atom. The Labute approximate surface area is 125 Å². The Hall–Kier alpha value is -1.45. The number of rotatable bonds is 4. The number of hydrogen-bond donors (Lipinski definition) is 1. The van der Waals surface area contributed by atoms with Gasteiger partial charge >= 0.3 is 0 Å². The summed E-state index contributed by atoms with van der Waals surface area (Å²) in [4.78, 5) is 3.82. The van der Waals surface area contributed by atoms with Gasteiger partial charge in [-0.3, -0.25) is 0 Å². The van der Waals surface area contributed by atoms with Crippen LogP contribution in [0.15, 0.2) is 53.4 Å². The number of fused-ring (bicyclic) bond motifs is 1. The van der Waals surface area contributed by atoms with Crippen molar-refractivity contribution >= 4 is 17.4 Å². The fraction of sp³-hybridized carbons (Fsp3) is 0.294. The molecule has 0 aliphatic carbocycles. The molecule has 3 rings (SSSR count). The van der Waals surface area contributed by atoms with Gasteiger partial charge in [0.2, 0.25) is 0 Å². The summed E-state index contributed by atoms with van der Waals surface area (Å²) in [7, 11) is 2.18. The van der Waals surface area contributed by atoms with Crippen LogP contribution in [0.25, 0.3) is 0 Å². The third-order valence-electron chi connectivity index (χ3n) is 3.83. The van der Waals surface area contributed by atoms with Gasteiger partial charge in [-0.1, -0.05) is 36.4 Å². The molecule has 2 N–H and O–H groups in total. The van der Waals surface area contributed by atoms with Crippen LogP contribution in [0, 0.1) is 0 Å². The van der Waals surface area contributed by atoms with Crippen LogP contribution in [-0.4, -0.2) is 24.2 Å². The zero-order valence-electron chi connectivity index (χ0n) is 11.8. The number of benzene rings is 2. The summed E-state index contributed by atoms with van der Waals surface area (Å²) in [5.41, 5.74) is 9.63. The topological polar surface area (TPSA) is 29.3 Å². The summed E-state index contributed by atoms with van der Waals surface area (Å²) in [6.07, 6.45) is 0. The number of likely N-dealkylation sites (N-methyl/N-ethyl adjacent to an activating group) is 1. The van der Waals surface area contributed by atoms with Crippen molar-refractivity contribution in [2.45, 2.75) is 17.4 Å². The minimum Gasteiger partial charge on any atom is -0.398 e. The molecule has 3 heteroatoms. The summed E-state index contributed by atoms with van der Waals surface area (Å²) < 4.78 is 0. The highest BCUT2D eigenvalue weighted by atomic mass is 32.2. The van der Waals surface area contributed by atoms with Crippen LogP contribution in [0.5, 0.6) is 0 Å². The zero-order valence-corrected chi connectivity index (χ0v) is 12.6. The molecule has 0 aromatic heterocycles. The molecule has 0 radical (unpaired) electrons. The summed E-state index contributed by atoms with van der Waals surface area (Å²) in [6, 6.07) is 16.9. The molecule has 1 unspecified atom stereocenters. The highest BCUT2D eigenvalue weighted by molar-refractivity contribution is 7.99. The third kappa shape index (κ3) is 2.84. The van der Waals surface area contributed by atoms with Crippen molar-refractivity contribution in [3.63, 3.8) is 0 Å². The molecule has 0 saturated heterocycles. The largest absolute Gasteiger partial charge is 0.398 e. The molecule has 0 bridgehead atoms. The summed E-state index contributed by atoms with van der Waals surface area (Å²) in [5, 5.41) is 0. The van der Waals surface area contributed by atoms with Gasteiger partial charge in [0.25, 0.3) is 0 Å². The van der Waals surface area contributed by atoms with Crippen LogP contribution in [0.4, 0.5) is 5.69 Å². The van der Waals surface area contributed by atoms with Crippen LogP contribution in [0.3, 0.4) is 0 Å². The van der Waals surface area contributed by atoms with E-state index in [9.17, 15) is 0 Å². The molecule has 104 valence electrons. The number of hydrogen-bond acceptors (Lipinski definition) is 3. The minimum absolute atomic E-state index is 0.631. The highest BCUT2D eigenvalue weighted by Gasteiger charge is 2.23. The lowest BCUT2D eigenvalue weighted by molar-refractivity contribution is 0.312. The molecule has 2 aromatic rings. The lowest BCUT2D eigenvalue weighted by Crippen LogP contribution is -2.24. The molecular weight excluding hydrogens is 264 g/mol. The van der Waals surface area contributed by atoms with E-state index in [1.807, 2.05) is 23.9 Å². The molecule has 2 nitrogen and oxygen atoms in total. The second-order valence-corrected chi connectivity index (χ2v) is 6.50. The predicted molar refractivity (Wildman–Crippen MR) is 87.1 cm³/mol. The molecule has 1 aliphatic rings. The predicted octanol–water partition coefficient (Wildman–Crippen LogP) is 3.59. The van der Waals surface area contributed by atoms with E-state index >= 15 is 0 Å². The minimum atomic E-state index is 0.631. The molecule has 1 atom stereocenters. The van der Waals surface area contributed by atoms with E-state index in [2.05, 4.69) is 48.3 Å². The molecule has 2 aromatic carbocycles. The number of para-hydroxylation sites is 1. The van der Waals surface area contributed by atoms with Crippen molar-refractivity contribution in [2.24, 2.45) is 0 Å². The fourth-order valence-electron chi connectivity index (χ4n) is 2.79. The Balaban J connectivity index is 1.66. The summed E-state index contributed by atoms with van der Waals surface area (Å²) in [6.45, 7) is 1.99. The van der Waals surface area contributed by atoms with Crippen LogP contribution in [0.2, 0.25) is 0 Å². The standard InChI is InChI=1S/C17H20N2S/c1-19(10-13-6-2-4-8-16(13)18)11-14-12-20-17-9-5-3-7-15(14)17/h2-9,14H,10-12,18H2,1H3. The number of nitrogens with two attached hydrogens (primary N) is 1. The van der Waals surface area contributed by atoms with Crippen LogP contribution in [0.1, 0.15) is 17.0 Å². The molecule has 1 heterocycles. The first kappa shape index (κ1) is 13.5. The van der Waals surface area contributed by atoms with Gasteiger partial charge in [0.05, 0.1) is 0 Å². The van der Waals surface area contributed by atoms with Crippen molar-refractivity contribution in [2.75, 3.05) is 25.1 Å². The van der Waals surface area contributed by atoms with Crippen molar-refractivity contribution < 1.29 is 0 Å². The SMILES string of the molecule is CN(Cc1ccccc1N)CC1CSc2ccccc21. The highest BCUT2D eigenvalue weighted by Crippen LogP contribution is 2.39. The monoisotopic (exact) mass is 284 g/mol. The van der Waals surface area contributed by atoms with Gasteiger partial charge in [-0.25, -0.2) is 0 Å². The Kier molecular flexibility index (Phi) is 3.99. The number of thioether (sulfide) groups is 1. The normalized spacial score (nSPS) is 17.4. The average molecular weight is 284 g/mol. The van der Waals surface area contributed by atoms with Crippen LogP contribution < -0.4 is 5.73 Å². The van der Waals surface area contributed by atoms with E-state index in [0.717, 1.165) is 18.8 Å². The van der Waals surface area contributed by atoms with Crippen LogP contribution in [-0.2, 0) is 6.54 Å². The Bertz CT molecular complexity index is 597.